The molecule has 4 nitrogen and oxygen atoms in total. The van der Waals surface area contributed by atoms with Crippen LogP contribution < -0.4 is 5.73 Å². The number of thiophene rings is 1. The Balaban J connectivity index is 2.05. The molecule has 0 aliphatic heterocycles. The molecule has 0 saturated carbocycles. The lowest BCUT2D eigenvalue weighted by Gasteiger charge is -2.03. The number of halogens is 3. The molecule has 0 aliphatic carbocycles. The van der Waals surface area contributed by atoms with Gasteiger partial charge in [0.1, 0.15) is 5.82 Å². The van der Waals surface area contributed by atoms with E-state index in [9.17, 15) is 13.2 Å². The zero-order valence-electron chi connectivity index (χ0n) is 10.3. The summed E-state index contributed by atoms with van der Waals surface area (Å²) in [6.45, 7) is 0. The largest absolute Gasteiger partial charge is 0.434 e. The third-order valence-electron chi connectivity index (χ3n) is 2.51. The number of hydrogen-bond acceptors (Lipinski definition) is 6. The van der Waals surface area contributed by atoms with Gasteiger partial charge in [-0.2, -0.15) is 13.2 Å². The number of alkyl halides is 3. The highest BCUT2D eigenvalue weighted by Gasteiger charge is 2.34. The maximum Gasteiger partial charge on any atom is 0.434 e. The molecule has 3 aromatic heterocycles. The minimum Gasteiger partial charge on any atom is -0.384 e. The van der Waals surface area contributed by atoms with Crippen LogP contribution in [0.3, 0.4) is 0 Å². The van der Waals surface area contributed by atoms with Gasteiger partial charge < -0.3 is 5.73 Å². The fraction of sp³-hybridized carbons (Fsp3) is 0.0833. The fourth-order valence-corrected chi connectivity index (χ4v) is 3.06. The van der Waals surface area contributed by atoms with Crippen molar-refractivity contribution >= 4 is 28.5 Å². The lowest BCUT2D eigenvalue weighted by atomic mass is 10.3. The molecule has 2 N–H and O–H groups in total. The van der Waals surface area contributed by atoms with E-state index in [2.05, 4.69) is 15.0 Å². The van der Waals surface area contributed by atoms with Crippen molar-refractivity contribution in [1.29, 1.82) is 0 Å². The van der Waals surface area contributed by atoms with Gasteiger partial charge >= 0.3 is 6.18 Å². The Morgan fingerprint density at radius 3 is 2.52 bits per heavy atom. The standard InChI is InChI=1S/C12H7F3N4S2/c13-12(14,15)8-5-21-11(18-8)10-17-6(4-9(16)19-10)7-2-1-3-20-7/h1-5H,(H2,16,17,19). The summed E-state index contributed by atoms with van der Waals surface area (Å²) < 4.78 is 37.7. The molecule has 0 aromatic carbocycles. The van der Waals surface area contributed by atoms with Crippen LogP contribution in [-0.4, -0.2) is 15.0 Å². The van der Waals surface area contributed by atoms with Crippen molar-refractivity contribution in [2.45, 2.75) is 6.18 Å². The van der Waals surface area contributed by atoms with Crippen LogP contribution in [0, 0.1) is 0 Å². The molecule has 3 aromatic rings. The van der Waals surface area contributed by atoms with Crippen LogP contribution in [0.1, 0.15) is 5.69 Å². The van der Waals surface area contributed by atoms with Gasteiger partial charge in [-0.25, -0.2) is 15.0 Å². The minimum atomic E-state index is -4.48. The lowest BCUT2D eigenvalue weighted by Crippen LogP contribution is -2.05. The van der Waals surface area contributed by atoms with E-state index in [-0.39, 0.29) is 16.6 Å². The molecule has 0 atom stereocenters. The molecule has 0 bridgehead atoms. The summed E-state index contributed by atoms with van der Waals surface area (Å²) in [5, 5.41) is 2.90. The van der Waals surface area contributed by atoms with E-state index in [0.29, 0.717) is 5.69 Å². The third kappa shape index (κ3) is 2.88. The monoisotopic (exact) mass is 328 g/mol. The van der Waals surface area contributed by atoms with Gasteiger partial charge in [0.15, 0.2) is 16.5 Å². The molecule has 0 spiro atoms. The third-order valence-corrected chi connectivity index (χ3v) is 4.24. The highest BCUT2D eigenvalue weighted by molar-refractivity contribution is 7.13. The van der Waals surface area contributed by atoms with E-state index < -0.39 is 11.9 Å². The first-order chi connectivity index (χ1) is 9.93. The molecule has 0 saturated heterocycles. The fourth-order valence-electron chi connectivity index (χ4n) is 1.62. The van der Waals surface area contributed by atoms with Gasteiger partial charge in [0.25, 0.3) is 0 Å². The predicted molar refractivity (Wildman–Crippen MR) is 75.9 cm³/mol. The molecule has 21 heavy (non-hydrogen) atoms. The van der Waals surface area contributed by atoms with Gasteiger partial charge in [-0.3, -0.25) is 0 Å². The second-order valence-electron chi connectivity index (χ2n) is 4.01. The molecule has 108 valence electrons. The molecular weight excluding hydrogens is 321 g/mol. The zero-order chi connectivity index (χ0) is 15.0. The normalized spacial score (nSPS) is 11.8. The summed E-state index contributed by atoms with van der Waals surface area (Å²) in [5.41, 5.74) is 5.32. The van der Waals surface area contributed by atoms with Gasteiger partial charge in [-0.15, -0.1) is 22.7 Å². The quantitative estimate of drug-likeness (QED) is 0.774. The van der Waals surface area contributed by atoms with Crippen molar-refractivity contribution in [2.75, 3.05) is 5.73 Å². The van der Waals surface area contributed by atoms with Gasteiger partial charge in [0.05, 0.1) is 10.6 Å². The molecule has 0 aliphatic rings. The highest BCUT2D eigenvalue weighted by Crippen LogP contribution is 2.33. The van der Waals surface area contributed by atoms with Crippen molar-refractivity contribution in [2.24, 2.45) is 0 Å². The van der Waals surface area contributed by atoms with E-state index in [1.807, 2.05) is 17.5 Å². The average Bonchev–Trinajstić information content (AvgIpc) is 3.09. The number of nitrogens with zero attached hydrogens (tertiary/aromatic N) is 3. The van der Waals surface area contributed by atoms with Crippen LogP contribution in [-0.2, 0) is 6.18 Å². The first-order valence-electron chi connectivity index (χ1n) is 5.65. The van der Waals surface area contributed by atoms with E-state index >= 15 is 0 Å². The molecule has 0 radical (unpaired) electrons. The molecule has 3 heterocycles. The molecule has 9 heteroatoms. The van der Waals surface area contributed by atoms with Crippen molar-refractivity contribution in [3.05, 3.63) is 34.7 Å². The Kier molecular flexibility index (Phi) is 3.38. The van der Waals surface area contributed by atoms with Gasteiger partial charge in [0.2, 0.25) is 0 Å². The Bertz CT molecular complexity index is 765. The Morgan fingerprint density at radius 2 is 1.90 bits per heavy atom. The average molecular weight is 328 g/mol. The van der Waals surface area contributed by atoms with Crippen molar-refractivity contribution < 1.29 is 13.2 Å². The molecule has 0 fully saturated rings. The number of rotatable bonds is 2. The number of aromatic nitrogens is 3. The summed E-state index contributed by atoms with van der Waals surface area (Å²) in [5.74, 6) is 0.283. The topological polar surface area (TPSA) is 64.7 Å². The second kappa shape index (κ2) is 5.08. The van der Waals surface area contributed by atoms with Crippen molar-refractivity contribution in [3.8, 4) is 21.4 Å². The van der Waals surface area contributed by atoms with E-state index in [1.54, 1.807) is 6.07 Å². The Morgan fingerprint density at radius 1 is 1.10 bits per heavy atom. The molecular formula is C12H7F3N4S2. The number of nitrogens with two attached hydrogens (primary N) is 1. The molecule has 0 amide bonds. The van der Waals surface area contributed by atoms with Crippen molar-refractivity contribution in [1.82, 2.24) is 15.0 Å². The zero-order valence-corrected chi connectivity index (χ0v) is 11.9. The van der Waals surface area contributed by atoms with Crippen LogP contribution >= 0.6 is 22.7 Å². The van der Waals surface area contributed by atoms with E-state index in [1.165, 1.54) is 11.3 Å². The van der Waals surface area contributed by atoms with Crippen LogP contribution in [0.5, 0.6) is 0 Å². The summed E-state index contributed by atoms with van der Waals surface area (Å²) in [7, 11) is 0. The summed E-state index contributed by atoms with van der Waals surface area (Å²) in [4.78, 5) is 12.6. The van der Waals surface area contributed by atoms with Crippen LogP contribution in [0.2, 0.25) is 0 Å². The minimum absolute atomic E-state index is 0.0902. The summed E-state index contributed by atoms with van der Waals surface area (Å²) in [6.07, 6.45) is -4.48. The summed E-state index contributed by atoms with van der Waals surface area (Å²) in [6, 6.07) is 5.27. The first kappa shape index (κ1) is 14.0. The predicted octanol–water partition coefficient (Wildman–Crippen LogP) is 3.93. The van der Waals surface area contributed by atoms with Crippen LogP contribution in [0.25, 0.3) is 21.4 Å². The number of nitrogen functional groups attached to an aromatic ring is 1. The number of thiazole rings is 1. The molecule has 0 unspecified atom stereocenters. The number of hydrogen-bond donors (Lipinski definition) is 1. The lowest BCUT2D eigenvalue weighted by molar-refractivity contribution is -0.140. The van der Waals surface area contributed by atoms with Gasteiger partial charge in [-0.05, 0) is 11.4 Å². The Labute approximate surface area is 125 Å². The smallest absolute Gasteiger partial charge is 0.384 e. The first-order valence-corrected chi connectivity index (χ1v) is 7.41. The number of anilines is 1. The second-order valence-corrected chi connectivity index (χ2v) is 5.82. The van der Waals surface area contributed by atoms with E-state index in [4.69, 9.17) is 5.73 Å². The Hall–Kier alpha value is -2.00. The maximum absolute atomic E-state index is 12.6. The van der Waals surface area contributed by atoms with Crippen LogP contribution in [0.4, 0.5) is 19.0 Å². The van der Waals surface area contributed by atoms with Gasteiger partial charge in [0, 0.05) is 11.4 Å². The maximum atomic E-state index is 12.6. The van der Waals surface area contributed by atoms with Crippen molar-refractivity contribution in [3.63, 3.8) is 0 Å². The SMILES string of the molecule is Nc1cc(-c2cccs2)nc(-c2nc(C(F)(F)F)cs2)n1. The summed E-state index contributed by atoms with van der Waals surface area (Å²) >= 11 is 2.29. The van der Waals surface area contributed by atoms with Crippen LogP contribution in [0.15, 0.2) is 29.0 Å². The highest BCUT2D eigenvalue weighted by atomic mass is 32.1. The van der Waals surface area contributed by atoms with Gasteiger partial charge in [-0.1, -0.05) is 6.07 Å². The molecule has 3 rings (SSSR count). The van der Waals surface area contributed by atoms with E-state index in [0.717, 1.165) is 21.6 Å².